The van der Waals surface area contributed by atoms with Crippen molar-refractivity contribution < 1.29 is 38.4 Å². The first-order valence-corrected chi connectivity index (χ1v) is 7.14. The summed E-state index contributed by atoms with van der Waals surface area (Å²) in [7, 11) is 0. The second-order valence-corrected chi connectivity index (χ2v) is 5.04. The van der Waals surface area contributed by atoms with E-state index in [0.29, 0.717) is 0 Å². The standard InChI is InChI=1S/C12H16N6O8/c1-4(19)23-7-8(24-5(2)20)10(25-6(3)21)12(16-18-14)26-9(7)11(22)15-17-13/h7-12,22H,1-3H3/t7-,8-,9-,10+,11?,12+/m0/s1. The second-order valence-electron chi connectivity index (χ2n) is 5.04. The van der Waals surface area contributed by atoms with Crippen molar-refractivity contribution in [2.75, 3.05) is 0 Å². The lowest BCUT2D eigenvalue weighted by atomic mass is 9.96. The molecule has 1 rings (SSSR count). The van der Waals surface area contributed by atoms with Crippen LogP contribution >= 0.6 is 0 Å². The number of hydrogen-bond donors (Lipinski definition) is 1. The molecule has 26 heavy (non-hydrogen) atoms. The summed E-state index contributed by atoms with van der Waals surface area (Å²) in [6.07, 6.45) is -9.53. The Labute approximate surface area is 146 Å². The monoisotopic (exact) mass is 372 g/mol. The number of nitrogens with zero attached hydrogens (tertiary/aromatic N) is 6. The van der Waals surface area contributed by atoms with Gasteiger partial charge in [-0.2, -0.15) is 0 Å². The predicted molar refractivity (Wildman–Crippen MR) is 79.6 cm³/mol. The van der Waals surface area contributed by atoms with Crippen LogP contribution in [0.15, 0.2) is 10.2 Å². The molecule has 0 aromatic rings. The highest BCUT2D eigenvalue weighted by Crippen LogP contribution is 2.31. The van der Waals surface area contributed by atoms with Crippen molar-refractivity contribution in [3.05, 3.63) is 20.9 Å². The average molecular weight is 372 g/mol. The van der Waals surface area contributed by atoms with Crippen LogP contribution in [0.4, 0.5) is 0 Å². The normalized spacial score (nSPS) is 28.5. The van der Waals surface area contributed by atoms with E-state index in [-0.39, 0.29) is 0 Å². The van der Waals surface area contributed by atoms with Gasteiger partial charge in [0.15, 0.2) is 30.8 Å². The zero-order chi connectivity index (χ0) is 19.9. The van der Waals surface area contributed by atoms with Crippen molar-refractivity contribution in [3.8, 4) is 0 Å². The molecule has 14 heteroatoms. The van der Waals surface area contributed by atoms with E-state index < -0.39 is 54.8 Å². The lowest BCUT2D eigenvalue weighted by Crippen LogP contribution is -2.63. The van der Waals surface area contributed by atoms with Gasteiger partial charge in [-0.3, -0.25) is 14.4 Å². The first kappa shape index (κ1) is 21.0. The van der Waals surface area contributed by atoms with E-state index in [9.17, 15) is 19.5 Å². The fourth-order valence-corrected chi connectivity index (χ4v) is 2.32. The minimum Gasteiger partial charge on any atom is -0.456 e. The Morgan fingerprint density at radius 3 is 1.92 bits per heavy atom. The van der Waals surface area contributed by atoms with E-state index in [1.165, 1.54) is 0 Å². The zero-order valence-corrected chi connectivity index (χ0v) is 14.0. The van der Waals surface area contributed by atoms with Gasteiger partial charge in [0.25, 0.3) is 0 Å². The van der Waals surface area contributed by atoms with Crippen LogP contribution in [0.1, 0.15) is 20.8 Å². The zero-order valence-electron chi connectivity index (χ0n) is 14.0. The molecule has 0 aromatic carbocycles. The molecule has 0 aliphatic carbocycles. The first-order valence-electron chi connectivity index (χ1n) is 7.14. The smallest absolute Gasteiger partial charge is 0.303 e. The van der Waals surface area contributed by atoms with Crippen molar-refractivity contribution in [2.45, 2.75) is 57.6 Å². The molecule has 1 N–H and O–H groups in total. The van der Waals surface area contributed by atoms with Crippen molar-refractivity contribution in [3.63, 3.8) is 0 Å². The van der Waals surface area contributed by atoms with Crippen LogP contribution in [0.5, 0.6) is 0 Å². The maximum atomic E-state index is 11.4. The molecule has 1 fully saturated rings. The number of rotatable bonds is 6. The van der Waals surface area contributed by atoms with E-state index >= 15 is 0 Å². The summed E-state index contributed by atoms with van der Waals surface area (Å²) in [5.74, 6) is -2.52. The molecule has 0 spiro atoms. The summed E-state index contributed by atoms with van der Waals surface area (Å²) >= 11 is 0. The topological polar surface area (TPSA) is 206 Å². The van der Waals surface area contributed by atoms with Gasteiger partial charge in [0.1, 0.15) is 6.10 Å². The van der Waals surface area contributed by atoms with Crippen LogP contribution in [0.3, 0.4) is 0 Å². The number of aliphatic hydroxyl groups is 1. The predicted octanol–water partition coefficient (Wildman–Crippen LogP) is 0.445. The minimum absolute atomic E-state index is 0.829. The summed E-state index contributed by atoms with van der Waals surface area (Å²) in [5, 5.41) is 16.3. The van der Waals surface area contributed by atoms with Crippen molar-refractivity contribution in [1.82, 2.24) is 0 Å². The minimum atomic E-state index is -1.89. The molecule has 14 nitrogen and oxygen atoms in total. The summed E-state index contributed by atoms with van der Waals surface area (Å²) < 4.78 is 20.3. The molecule has 6 atom stereocenters. The van der Waals surface area contributed by atoms with Crippen LogP contribution < -0.4 is 0 Å². The maximum Gasteiger partial charge on any atom is 0.303 e. The van der Waals surface area contributed by atoms with Gasteiger partial charge in [-0.1, -0.05) is 10.2 Å². The van der Waals surface area contributed by atoms with Crippen LogP contribution in [-0.4, -0.2) is 59.9 Å². The summed E-state index contributed by atoms with van der Waals surface area (Å²) in [6.45, 7) is 3.11. The van der Waals surface area contributed by atoms with E-state index in [0.717, 1.165) is 20.8 Å². The van der Waals surface area contributed by atoms with E-state index in [1.54, 1.807) is 0 Å². The molecule has 142 valence electrons. The second kappa shape index (κ2) is 9.44. The molecule has 0 amide bonds. The third-order valence-electron chi connectivity index (χ3n) is 3.08. The van der Waals surface area contributed by atoms with Gasteiger partial charge in [0.05, 0.1) is 0 Å². The molecule has 1 saturated heterocycles. The number of esters is 3. The summed E-state index contributed by atoms with van der Waals surface area (Å²) in [6, 6.07) is 0. The maximum absolute atomic E-state index is 11.4. The Hall–Kier alpha value is -3.05. The van der Waals surface area contributed by atoms with Gasteiger partial charge in [-0.25, -0.2) is 0 Å². The summed E-state index contributed by atoms with van der Waals surface area (Å²) in [4.78, 5) is 39.2. The molecular formula is C12H16N6O8. The number of hydrogen-bond acceptors (Lipinski definition) is 10. The van der Waals surface area contributed by atoms with Gasteiger partial charge in [-0.05, 0) is 11.1 Å². The fraction of sp³-hybridized carbons (Fsp3) is 0.750. The Bertz CT molecular complexity index is 658. The Kier molecular flexibility index (Phi) is 7.62. The largest absolute Gasteiger partial charge is 0.456 e. The van der Waals surface area contributed by atoms with Crippen LogP contribution in [-0.2, 0) is 33.3 Å². The third kappa shape index (κ3) is 5.50. The van der Waals surface area contributed by atoms with E-state index in [1.807, 2.05) is 0 Å². The van der Waals surface area contributed by atoms with Crippen molar-refractivity contribution in [1.29, 1.82) is 0 Å². The lowest BCUT2D eigenvalue weighted by Gasteiger charge is -2.43. The molecule has 0 radical (unpaired) electrons. The first-order chi connectivity index (χ1) is 12.2. The summed E-state index contributed by atoms with van der Waals surface area (Å²) in [5.41, 5.74) is 17.2. The lowest BCUT2D eigenvalue weighted by molar-refractivity contribution is -0.258. The number of carbonyl (C=O) groups is 3. The highest BCUT2D eigenvalue weighted by Gasteiger charge is 2.53. The molecule has 0 saturated carbocycles. The van der Waals surface area contributed by atoms with E-state index in [4.69, 9.17) is 30.0 Å². The van der Waals surface area contributed by atoms with E-state index in [2.05, 4.69) is 20.1 Å². The van der Waals surface area contributed by atoms with Crippen LogP contribution in [0.2, 0.25) is 0 Å². The fourth-order valence-electron chi connectivity index (χ4n) is 2.32. The molecular weight excluding hydrogens is 356 g/mol. The van der Waals surface area contributed by atoms with Crippen molar-refractivity contribution >= 4 is 17.9 Å². The third-order valence-corrected chi connectivity index (χ3v) is 3.08. The van der Waals surface area contributed by atoms with Crippen molar-refractivity contribution in [2.24, 2.45) is 10.2 Å². The molecule has 0 aromatic heterocycles. The average Bonchev–Trinajstić information content (AvgIpc) is 2.51. The quantitative estimate of drug-likeness (QED) is 0.227. The van der Waals surface area contributed by atoms with Crippen LogP contribution in [0, 0.1) is 0 Å². The Morgan fingerprint density at radius 2 is 1.46 bits per heavy atom. The molecule has 1 heterocycles. The Morgan fingerprint density at radius 1 is 0.962 bits per heavy atom. The van der Waals surface area contributed by atoms with Gasteiger partial charge in [-0.15, -0.1) is 0 Å². The number of aliphatic hydroxyl groups excluding tert-OH is 1. The van der Waals surface area contributed by atoms with Gasteiger partial charge < -0.3 is 24.1 Å². The molecule has 1 aliphatic rings. The molecule has 1 unspecified atom stereocenters. The SMILES string of the molecule is CC(=O)O[C@@H]1[C@@H](OC(C)=O)[C@H](N=[N+]=[N-])O[C@H](C(O)N=[N+]=[N-])[C@H]1OC(C)=O. The molecule has 1 aliphatic heterocycles. The number of azide groups is 2. The van der Waals surface area contributed by atoms with Crippen LogP contribution in [0.25, 0.3) is 20.9 Å². The number of ether oxygens (including phenoxy) is 4. The van der Waals surface area contributed by atoms with Gasteiger partial charge >= 0.3 is 17.9 Å². The highest BCUT2D eigenvalue weighted by atomic mass is 16.7. The number of carbonyl (C=O) groups excluding carboxylic acids is 3. The van der Waals surface area contributed by atoms with Gasteiger partial charge in [0.2, 0.25) is 0 Å². The highest BCUT2D eigenvalue weighted by molar-refractivity contribution is 5.68. The van der Waals surface area contributed by atoms with Gasteiger partial charge in [0, 0.05) is 30.6 Å². The Balaban J connectivity index is 3.42. The molecule has 0 bridgehead atoms.